The summed E-state index contributed by atoms with van der Waals surface area (Å²) in [6.07, 6.45) is 1.58. The number of rotatable bonds is 6. The van der Waals surface area contributed by atoms with E-state index in [0.717, 1.165) is 29.0 Å². The minimum atomic E-state index is -0.242. The molecule has 0 fully saturated rings. The van der Waals surface area contributed by atoms with Crippen molar-refractivity contribution in [1.82, 2.24) is 10.3 Å². The highest BCUT2D eigenvalue weighted by atomic mass is 32.1. The van der Waals surface area contributed by atoms with Crippen LogP contribution in [0.2, 0.25) is 0 Å². The van der Waals surface area contributed by atoms with Crippen LogP contribution in [0.5, 0.6) is 0 Å². The number of nitrogens with zero attached hydrogens (tertiary/aromatic N) is 1. The summed E-state index contributed by atoms with van der Waals surface area (Å²) >= 11 is 1.45. The first-order chi connectivity index (χ1) is 12.1. The summed E-state index contributed by atoms with van der Waals surface area (Å²) in [6, 6.07) is 7.38. The van der Waals surface area contributed by atoms with Crippen LogP contribution in [0.4, 0.5) is 5.13 Å². The van der Waals surface area contributed by atoms with E-state index in [2.05, 4.69) is 15.6 Å². The highest BCUT2D eigenvalue weighted by molar-refractivity contribution is 7.16. The zero-order valence-corrected chi connectivity index (χ0v) is 15.1. The van der Waals surface area contributed by atoms with Crippen molar-refractivity contribution in [3.8, 4) is 0 Å². The number of ether oxygens (including phenoxy) is 1. The minimum Gasteiger partial charge on any atom is -0.383 e. The maximum absolute atomic E-state index is 12.3. The summed E-state index contributed by atoms with van der Waals surface area (Å²) in [5.41, 5.74) is 2.49. The van der Waals surface area contributed by atoms with Crippen molar-refractivity contribution in [1.29, 1.82) is 0 Å². The average molecular weight is 359 g/mol. The quantitative estimate of drug-likeness (QED) is 0.777. The Morgan fingerprint density at radius 3 is 2.80 bits per heavy atom. The van der Waals surface area contributed by atoms with Gasteiger partial charge in [-0.05, 0) is 31.9 Å². The summed E-state index contributed by atoms with van der Waals surface area (Å²) in [5, 5.41) is 6.24. The number of hydrogen-bond donors (Lipinski definition) is 2. The third-order valence-electron chi connectivity index (χ3n) is 4.17. The monoisotopic (exact) mass is 359 g/mol. The van der Waals surface area contributed by atoms with Crippen LogP contribution < -0.4 is 10.6 Å². The molecule has 0 spiro atoms. The number of carbonyl (C=O) groups excluding carboxylic acids is 2. The molecule has 1 heterocycles. The van der Waals surface area contributed by atoms with E-state index in [9.17, 15) is 9.59 Å². The van der Waals surface area contributed by atoms with Gasteiger partial charge in [-0.25, -0.2) is 4.98 Å². The summed E-state index contributed by atoms with van der Waals surface area (Å²) in [6.45, 7) is 2.95. The normalized spacial score (nSPS) is 15.7. The third kappa shape index (κ3) is 4.05. The summed E-state index contributed by atoms with van der Waals surface area (Å²) in [4.78, 5) is 30.2. The number of benzene rings is 1. The Hall–Kier alpha value is -2.25. The highest BCUT2D eigenvalue weighted by Gasteiger charge is 2.32. The number of anilines is 1. The molecule has 2 N–H and O–H groups in total. The lowest BCUT2D eigenvalue weighted by Gasteiger charge is -2.10. The fourth-order valence-electron chi connectivity index (χ4n) is 2.81. The van der Waals surface area contributed by atoms with Crippen LogP contribution in [-0.4, -0.2) is 37.1 Å². The van der Waals surface area contributed by atoms with Gasteiger partial charge in [-0.1, -0.05) is 17.7 Å². The van der Waals surface area contributed by atoms with Crippen LogP contribution in [0, 0.1) is 6.92 Å². The first-order valence-electron chi connectivity index (χ1n) is 8.22. The highest BCUT2D eigenvalue weighted by Crippen LogP contribution is 2.38. The second-order valence-electron chi connectivity index (χ2n) is 6.02. The maximum atomic E-state index is 12.3. The van der Waals surface area contributed by atoms with Crippen LogP contribution in [0.1, 0.15) is 38.8 Å². The smallest absolute Gasteiger partial charge is 0.257 e. The van der Waals surface area contributed by atoms with Gasteiger partial charge in [0.15, 0.2) is 5.13 Å². The van der Waals surface area contributed by atoms with Gasteiger partial charge in [-0.3, -0.25) is 14.9 Å². The SMILES string of the molecule is COCCNC(=O)C1CCc2sc(NC(=O)c3ccc(C)cc3)nc21. The van der Waals surface area contributed by atoms with Gasteiger partial charge < -0.3 is 10.1 Å². The molecule has 0 saturated carbocycles. The van der Waals surface area contributed by atoms with Crippen molar-refractivity contribution in [2.75, 3.05) is 25.6 Å². The van der Waals surface area contributed by atoms with E-state index < -0.39 is 0 Å². The molecular formula is C18H21N3O3S. The molecule has 1 aliphatic carbocycles. The Bertz CT molecular complexity index is 770. The number of aromatic nitrogens is 1. The van der Waals surface area contributed by atoms with Crippen molar-refractivity contribution in [2.45, 2.75) is 25.7 Å². The molecule has 2 amide bonds. The molecule has 1 aliphatic rings. The molecule has 0 radical (unpaired) electrons. The minimum absolute atomic E-state index is 0.0301. The molecule has 6 nitrogen and oxygen atoms in total. The van der Waals surface area contributed by atoms with Gasteiger partial charge in [0, 0.05) is 24.1 Å². The largest absolute Gasteiger partial charge is 0.383 e. The number of fused-ring (bicyclic) bond motifs is 1. The van der Waals surface area contributed by atoms with Crippen molar-refractivity contribution in [3.63, 3.8) is 0 Å². The fourth-order valence-corrected chi connectivity index (χ4v) is 3.84. The van der Waals surface area contributed by atoms with Crippen LogP contribution in [0.3, 0.4) is 0 Å². The van der Waals surface area contributed by atoms with E-state index >= 15 is 0 Å². The van der Waals surface area contributed by atoms with Crippen molar-refractivity contribution >= 4 is 28.3 Å². The Morgan fingerprint density at radius 2 is 2.08 bits per heavy atom. The zero-order valence-electron chi connectivity index (χ0n) is 14.3. The molecule has 1 aromatic heterocycles. The third-order valence-corrected chi connectivity index (χ3v) is 5.22. The number of hydrogen-bond acceptors (Lipinski definition) is 5. The number of methoxy groups -OCH3 is 1. The van der Waals surface area contributed by atoms with Crippen LogP contribution >= 0.6 is 11.3 Å². The Balaban J connectivity index is 1.66. The Kier molecular flexibility index (Phi) is 5.45. The maximum Gasteiger partial charge on any atom is 0.257 e. The van der Waals surface area contributed by atoms with Gasteiger partial charge in [0.05, 0.1) is 18.2 Å². The van der Waals surface area contributed by atoms with Crippen molar-refractivity contribution in [2.24, 2.45) is 0 Å². The van der Waals surface area contributed by atoms with Gasteiger partial charge in [0.25, 0.3) is 5.91 Å². The van der Waals surface area contributed by atoms with E-state index in [-0.39, 0.29) is 17.7 Å². The van der Waals surface area contributed by atoms with Crippen molar-refractivity contribution in [3.05, 3.63) is 46.0 Å². The van der Waals surface area contributed by atoms with E-state index in [0.29, 0.717) is 23.8 Å². The Labute approximate surface area is 150 Å². The van der Waals surface area contributed by atoms with E-state index in [1.807, 2.05) is 19.1 Å². The molecule has 0 aliphatic heterocycles. The number of aryl methyl sites for hydroxylation is 2. The summed E-state index contributed by atoms with van der Waals surface area (Å²) in [7, 11) is 1.60. The number of carbonyl (C=O) groups is 2. The molecule has 0 saturated heterocycles. The van der Waals surface area contributed by atoms with E-state index in [1.165, 1.54) is 11.3 Å². The summed E-state index contributed by atoms with van der Waals surface area (Å²) < 4.78 is 4.95. The lowest BCUT2D eigenvalue weighted by Crippen LogP contribution is -2.31. The fraction of sp³-hybridized carbons (Fsp3) is 0.389. The first-order valence-corrected chi connectivity index (χ1v) is 9.04. The zero-order chi connectivity index (χ0) is 17.8. The molecule has 1 unspecified atom stereocenters. The number of nitrogens with one attached hydrogen (secondary N) is 2. The second kappa shape index (κ2) is 7.76. The van der Waals surface area contributed by atoms with Gasteiger partial charge in [0.2, 0.25) is 5.91 Å². The lowest BCUT2D eigenvalue weighted by molar-refractivity contribution is -0.122. The predicted octanol–water partition coefficient (Wildman–Crippen LogP) is 2.50. The number of thiazole rings is 1. The average Bonchev–Trinajstić information content (AvgIpc) is 3.15. The summed E-state index contributed by atoms with van der Waals surface area (Å²) in [5.74, 6) is -0.459. The Morgan fingerprint density at radius 1 is 1.32 bits per heavy atom. The van der Waals surface area contributed by atoms with Crippen molar-refractivity contribution < 1.29 is 14.3 Å². The standard InChI is InChI=1S/C18H21N3O3S/c1-11-3-5-12(6-4-11)16(22)21-18-20-15-13(7-8-14(15)25-18)17(23)19-9-10-24-2/h3-6,13H,7-10H2,1-2H3,(H,19,23)(H,20,21,22). The van der Waals surface area contributed by atoms with Gasteiger partial charge in [0.1, 0.15) is 0 Å². The first kappa shape index (κ1) is 17.6. The molecule has 132 valence electrons. The van der Waals surface area contributed by atoms with E-state index in [1.54, 1.807) is 19.2 Å². The topological polar surface area (TPSA) is 80.3 Å². The van der Waals surface area contributed by atoms with Crippen LogP contribution in [0.15, 0.2) is 24.3 Å². The molecule has 25 heavy (non-hydrogen) atoms. The van der Waals surface area contributed by atoms with Crippen LogP contribution in [0.25, 0.3) is 0 Å². The molecule has 3 rings (SSSR count). The van der Waals surface area contributed by atoms with Gasteiger partial charge in [-0.15, -0.1) is 11.3 Å². The molecule has 1 atom stereocenters. The van der Waals surface area contributed by atoms with Crippen LogP contribution in [-0.2, 0) is 16.0 Å². The van der Waals surface area contributed by atoms with Gasteiger partial charge in [-0.2, -0.15) is 0 Å². The van der Waals surface area contributed by atoms with Gasteiger partial charge >= 0.3 is 0 Å². The van der Waals surface area contributed by atoms with E-state index in [4.69, 9.17) is 4.74 Å². The molecule has 7 heteroatoms. The number of amides is 2. The molecule has 1 aromatic carbocycles. The lowest BCUT2D eigenvalue weighted by atomic mass is 10.1. The molecule has 2 aromatic rings. The second-order valence-corrected chi connectivity index (χ2v) is 7.11. The predicted molar refractivity (Wildman–Crippen MR) is 97.2 cm³/mol. The molecule has 0 bridgehead atoms. The molecular weight excluding hydrogens is 338 g/mol.